The first-order chi connectivity index (χ1) is 12.4. The number of pyridine rings is 1. The van der Waals surface area contributed by atoms with E-state index in [1.54, 1.807) is 9.80 Å². The number of halogens is 3. The summed E-state index contributed by atoms with van der Waals surface area (Å²) in [4.78, 5) is 19.6. The molecular formula is C17H22F3N3O3. The molecule has 1 aromatic heterocycles. The van der Waals surface area contributed by atoms with Crippen molar-refractivity contribution in [2.45, 2.75) is 12.6 Å². The van der Waals surface area contributed by atoms with Gasteiger partial charge in [0.1, 0.15) is 12.4 Å². The van der Waals surface area contributed by atoms with Crippen LogP contribution in [0.25, 0.3) is 0 Å². The molecule has 2 aliphatic heterocycles. The van der Waals surface area contributed by atoms with E-state index in [1.807, 2.05) is 0 Å². The number of aromatic nitrogens is 1. The molecule has 2 fully saturated rings. The number of hydrogen-bond donors (Lipinski definition) is 0. The minimum Gasteiger partial charge on any atom is -0.381 e. The highest BCUT2D eigenvalue weighted by molar-refractivity contribution is 5.77. The Morgan fingerprint density at radius 2 is 2.08 bits per heavy atom. The molecule has 26 heavy (non-hydrogen) atoms. The van der Waals surface area contributed by atoms with E-state index in [0.717, 1.165) is 31.4 Å². The van der Waals surface area contributed by atoms with Crippen molar-refractivity contribution in [3.8, 4) is 0 Å². The van der Waals surface area contributed by atoms with Crippen molar-refractivity contribution in [2.75, 3.05) is 57.5 Å². The number of alkyl halides is 3. The van der Waals surface area contributed by atoms with Crippen LogP contribution in [-0.2, 0) is 20.4 Å². The summed E-state index contributed by atoms with van der Waals surface area (Å²) >= 11 is 0. The molecule has 0 spiro atoms. The molecule has 2 aliphatic rings. The predicted molar refractivity (Wildman–Crippen MR) is 87.8 cm³/mol. The van der Waals surface area contributed by atoms with Gasteiger partial charge in [-0.15, -0.1) is 0 Å². The van der Waals surface area contributed by atoms with Gasteiger partial charge < -0.3 is 19.3 Å². The van der Waals surface area contributed by atoms with Gasteiger partial charge in [-0.2, -0.15) is 13.2 Å². The standard InChI is InChI=1S/C17H22F3N3O3/c18-17(19,20)14-1-3-21-15(9-14)22-4-6-23(7-5-22)16(24)12-26-11-13-2-8-25-10-13/h1,3,9,13H,2,4-8,10-12H2/t13-/m0/s1. The SMILES string of the molecule is O=C(COC[C@H]1CCOC1)N1CCN(c2cc(C(F)(F)F)ccn2)CC1. The molecule has 144 valence electrons. The van der Waals surface area contributed by atoms with E-state index in [4.69, 9.17) is 9.47 Å². The van der Waals surface area contributed by atoms with Crippen molar-refractivity contribution >= 4 is 11.7 Å². The molecule has 0 saturated carbocycles. The summed E-state index contributed by atoms with van der Waals surface area (Å²) in [7, 11) is 0. The van der Waals surface area contributed by atoms with Crippen LogP contribution in [-0.4, -0.2) is 68.4 Å². The van der Waals surface area contributed by atoms with Crippen molar-refractivity contribution in [2.24, 2.45) is 5.92 Å². The first kappa shape index (κ1) is 18.9. The van der Waals surface area contributed by atoms with Crippen LogP contribution < -0.4 is 4.90 Å². The Morgan fingerprint density at radius 1 is 1.31 bits per heavy atom. The van der Waals surface area contributed by atoms with Gasteiger partial charge in [-0.1, -0.05) is 0 Å². The van der Waals surface area contributed by atoms with Gasteiger partial charge in [-0.25, -0.2) is 4.98 Å². The number of carbonyl (C=O) groups is 1. The highest BCUT2D eigenvalue weighted by Crippen LogP contribution is 2.30. The molecule has 1 amide bonds. The third kappa shape index (κ3) is 4.85. The molecule has 3 heterocycles. The van der Waals surface area contributed by atoms with E-state index in [9.17, 15) is 18.0 Å². The highest BCUT2D eigenvalue weighted by atomic mass is 19.4. The third-order valence-electron chi connectivity index (χ3n) is 4.63. The van der Waals surface area contributed by atoms with Gasteiger partial charge in [-0.3, -0.25) is 4.79 Å². The molecule has 0 N–H and O–H groups in total. The van der Waals surface area contributed by atoms with E-state index in [0.29, 0.717) is 45.3 Å². The number of hydrogen-bond acceptors (Lipinski definition) is 5. The van der Waals surface area contributed by atoms with E-state index < -0.39 is 11.7 Å². The van der Waals surface area contributed by atoms with E-state index in [2.05, 4.69) is 4.98 Å². The average Bonchev–Trinajstić information content (AvgIpc) is 3.15. The summed E-state index contributed by atoms with van der Waals surface area (Å²) in [5.74, 6) is 0.539. The third-order valence-corrected chi connectivity index (χ3v) is 4.63. The molecule has 6 nitrogen and oxygen atoms in total. The predicted octanol–water partition coefficient (Wildman–Crippen LogP) is 1.80. The van der Waals surface area contributed by atoms with Gasteiger partial charge >= 0.3 is 6.18 Å². The lowest BCUT2D eigenvalue weighted by Crippen LogP contribution is -2.50. The number of nitrogens with zero attached hydrogens (tertiary/aromatic N) is 3. The maximum Gasteiger partial charge on any atom is 0.416 e. The van der Waals surface area contributed by atoms with Crippen LogP contribution in [0.3, 0.4) is 0 Å². The Balaban J connectivity index is 1.45. The first-order valence-corrected chi connectivity index (χ1v) is 8.65. The molecule has 0 radical (unpaired) electrons. The maximum atomic E-state index is 12.8. The Kier molecular flexibility index (Phi) is 5.98. The van der Waals surface area contributed by atoms with Crippen molar-refractivity contribution in [1.82, 2.24) is 9.88 Å². The van der Waals surface area contributed by atoms with Gasteiger partial charge in [0.2, 0.25) is 5.91 Å². The van der Waals surface area contributed by atoms with E-state index in [1.165, 1.54) is 0 Å². The first-order valence-electron chi connectivity index (χ1n) is 8.65. The van der Waals surface area contributed by atoms with Crippen molar-refractivity contribution in [1.29, 1.82) is 0 Å². The molecule has 2 saturated heterocycles. The molecular weight excluding hydrogens is 351 g/mol. The second-order valence-electron chi connectivity index (χ2n) is 6.51. The monoisotopic (exact) mass is 373 g/mol. The minimum absolute atomic E-state index is 0.0261. The summed E-state index contributed by atoms with van der Waals surface area (Å²) in [6, 6.07) is 2.00. The normalized spacial score (nSPS) is 21.3. The van der Waals surface area contributed by atoms with Gasteiger partial charge in [0.05, 0.1) is 18.8 Å². The molecule has 0 bridgehead atoms. The molecule has 0 aliphatic carbocycles. The summed E-state index contributed by atoms with van der Waals surface area (Å²) in [6.07, 6.45) is -2.27. The fourth-order valence-corrected chi connectivity index (χ4v) is 3.07. The second-order valence-corrected chi connectivity index (χ2v) is 6.51. The number of piperazine rings is 1. The quantitative estimate of drug-likeness (QED) is 0.788. The van der Waals surface area contributed by atoms with E-state index in [-0.39, 0.29) is 18.3 Å². The zero-order valence-corrected chi connectivity index (χ0v) is 14.4. The lowest BCUT2D eigenvalue weighted by atomic mass is 10.1. The van der Waals surface area contributed by atoms with Crippen LogP contribution >= 0.6 is 0 Å². The Labute approximate surface area is 149 Å². The fraction of sp³-hybridized carbons (Fsp3) is 0.647. The molecule has 0 aromatic carbocycles. The number of amides is 1. The fourth-order valence-electron chi connectivity index (χ4n) is 3.07. The zero-order chi connectivity index (χ0) is 18.6. The van der Waals surface area contributed by atoms with Crippen LogP contribution in [0.1, 0.15) is 12.0 Å². The minimum atomic E-state index is -4.39. The topological polar surface area (TPSA) is 54.9 Å². The largest absolute Gasteiger partial charge is 0.416 e. The number of ether oxygens (including phenoxy) is 2. The smallest absolute Gasteiger partial charge is 0.381 e. The molecule has 1 atom stereocenters. The van der Waals surface area contributed by atoms with Crippen LogP contribution in [0.4, 0.5) is 19.0 Å². The summed E-state index contributed by atoms with van der Waals surface area (Å²) in [5, 5.41) is 0. The Bertz CT molecular complexity index is 613. The number of carbonyl (C=O) groups excluding carboxylic acids is 1. The van der Waals surface area contributed by atoms with Gasteiger partial charge in [0, 0.05) is 44.9 Å². The molecule has 1 aromatic rings. The Morgan fingerprint density at radius 3 is 2.73 bits per heavy atom. The van der Waals surface area contributed by atoms with Gasteiger partial charge in [-0.05, 0) is 18.6 Å². The lowest BCUT2D eigenvalue weighted by Gasteiger charge is -2.35. The number of anilines is 1. The van der Waals surface area contributed by atoms with Crippen LogP contribution in [0.2, 0.25) is 0 Å². The van der Waals surface area contributed by atoms with Gasteiger partial charge in [0.25, 0.3) is 0 Å². The zero-order valence-electron chi connectivity index (χ0n) is 14.4. The summed E-state index contributed by atoms with van der Waals surface area (Å²) in [6.45, 7) is 3.72. The molecule has 3 rings (SSSR count). The van der Waals surface area contributed by atoms with Crippen molar-refractivity contribution in [3.63, 3.8) is 0 Å². The highest BCUT2D eigenvalue weighted by Gasteiger charge is 2.31. The number of rotatable bonds is 5. The second kappa shape index (κ2) is 8.22. The lowest BCUT2D eigenvalue weighted by molar-refractivity contribution is -0.137. The van der Waals surface area contributed by atoms with Crippen LogP contribution in [0.15, 0.2) is 18.3 Å². The molecule has 0 unspecified atom stereocenters. The Hall–Kier alpha value is -1.87. The van der Waals surface area contributed by atoms with Crippen LogP contribution in [0, 0.1) is 5.92 Å². The van der Waals surface area contributed by atoms with E-state index >= 15 is 0 Å². The summed E-state index contributed by atoms with van der Waals surface area (Å²) < 4.78 is 49.2. The van der Waals surface area contributed by atoms with Gasteiger partial charge in [0.15, 0.2) is 0 Å². The van der Waals surface area contributed by atoms with Crippen molar-refractivity contribution in [3.05, 3.63) is 23.9 Å². The van der Waals surface area contributed by atoms with Crippen molar-refractivity contribution < 1.29 is 27.4 Å². The maximum absolute atomic E-state index is 12.8. The van der Waals surface area contributed by atoms with Crippen LogP contribution in [0.5, 0.6) is 0 Å². The summed E-state index contributed by atoms with van der Waals surface area (Å²) in [5.41, 5.74) is -0.717. The molecule has 9 heteroatoms. The average molecular weight is 373 g/mol.